The van der Waals surface area contributed by atoms with Gasteiger partial charge in [0.25, 0.3) is 5.91 Å². The molecule has 6 heteroatoms. The van der Waals surface area contributed by atoms with Crippen LogP contribution in [0, 0.1) is 5.92 Å². The van der Waals surface area contributed by atoms with E-state index in [1.165, 1.54) is 0 Å². The van der Waals surface area contributed by atoms with Crippen LogP contribution >= 0.6 is 0 Å². The average molecular weight is 349 g/mol. The highest BCUT2D eigenvalue weighted by atomic mass is 16.2. The van der Waals surface area contributed by atoms with E-state index < -0.39 is 0 Å². The van der Waals surface area contributed by atoms with E-state index >= 15 is 0 Å². The monoisotopic (exact) mass is 349 g/mol. The summed E-state index contributed by atoms with van der Waals surface area (Å²) in [6.45, 7) is 2.76. The van der Waals surface area contributed by atoms with Crippen LogP contribution in [-0.4, -0.2) is 37.8 Å². The van der Waals surface area contributed by atoms with Gasteiger partial charge in [0.15, 0.2) is 5.69 Å². The average Bonchev–Trinajstić information content (AvgIpc) is 3.31. The van der Waals surface area contributed by atoms with Crippen molar-refractivity contribution in [1.29, 1.82) is 0 Å². The Labute approximate surface area is 152 Å². The Morgan fingerprint density at radius 3 is 3.08 bits per heavy atom. The van der Waals surface area contributed by atoms with Crippen molar-refractivity contribution in [2.75, 3.05) is 7.05 Å². The third-order valence-corrected chi connectivity index (χ3v) is 5.04. The third kappa shape index (κ3) is 3.14. The zero-order valence-corrected chi connectivity index (χ0v) is 15.1. The molecule has 0 saturated carbocycles. The summed E-state index contributed by atoms with van der Waals surface area (Å²) in [5.74, 6) is 0.573. The number of rotatable bonds is 4. The molecule has 1 aliphatic carbocycles. The number of amides is 1. The van der Waals surface area contributed by atoms with Crippen molar-refractivity contribution >= 4 is 5.91 Å². The van der Waals surface area contributed by atoms with E-state index in [1.54, 1.807) is 11.1 Å². The van der Waals surface area contributed by atoms with Gasteiger partial charge in [-0.15, -0.1) is 0 Å². The van der Waals surface area contributed by atoms with Gasteiger partial charge in [-0.1, -0.05) is 19.1 Å². The van der Waals surface area contributed by atoms with E-state index in [-0.39, 0.29) is 5.91 Å². The van der Waals surface area contributed by atoms with Gasteiger partial charge >= 0.3 is 0 Å². The van der Waals surface area contributed by atoms with Gasteiger partial charge in [0.1, 0.15) is 0 Å². The summed E-state index contributed by atoms with van der Waals surface area (Å²) in [6.07, 6.45) is 6.72. The maximum atomic E-state index is 12.9. The van der Waals surface area contributed by atoms with E-state index in [4.69, 9.17) is 0 Å². The summed E-state index contributed by atoms with van der Waals surface area (Å²) in [5, 5.41) is 11.6. The van der Waals surface area contributed by atoms with Gasteiger partial charge in [0, 0.05) is 37.2 Å². The highest BCUT2D eigenvalue weighted by molar-refractivity contribution is 5.93. The predicted molar refractivity (Wildman–Crippen MR) is 99.1 cm³/mol. The van der Waals surface area contributed by atoms with E-state index in [2.05, 4.69) is 28.3 Å². The fourth-order valence-corrected chi connectivity index (χ4v) is 3.59. The Kier molecular flexibility index (Phi) is 4.32. The Morgan fingerprint density at radius 2 is 2.27 bits per heavy atom. The first kappa shape index (κ1) is 16.6. The van der Waals surface area contributed by atoms with Gasteiger partial charge in [-0.3, -0.25) is 9.89 Å². The predicted octanol–water partition coefficient (Wildman–Crippen LogP) is 2.99. The number of hydrogen-bond donors (Lipinski definition) is 1. The summed E-state index contributed by atoms with van der Waals surface area (Å²) < 4.78 is 1.82. The van der Waals surface area contributed by atoms with Gasteiger partial charge in [-0.2, -0.15) is 10.2 Å². The van der Waals surface area contributed by atoms with Gasteiger partial charge in [-0.05, 0) is 48.9 Å². The van der Waals surface area contributed by atoms with Crippen molar-refractivity contribution < 1.29 is 4.79 Å². The van der Waals surface area contributed by atoms with Gasteiger partial charge in [0.05, 0.1) is 5.69 Å². The quantitative estimate of drug-likeness (QED) is 0.787. The van der Waals surface area contributed by atoms with E-state index in [0.717, 1.165) is 41.8 Å². The summed E-state index contributed by atoms with van der Waals surface area (Å²) in [4.78, 5) is 14.7. The number of benzene rings is 1. The standard InChI is InChI=1S/C20H23N5O/c1-14-7-8-18-17(11-14)19(23-22-18)20(26)24(2)13-15-5-3-6-16(12-15)25-10-4-9-21-25/h3-6,9-10,12,14H,7-8,11,13H2,1-2H3,(H,22,23). The molecule has 0 bridgehead atoms. The molecular weight excluding hydrogens is 326 g/mol. The second-order valence-corrected chi connectivity index (χ2v) is 7.16. The van der Waals surface area contributed by atoms with Crippen LogP contribution in [0.1, 0.15) is 40.7 Å². The lowest BCUT2D eigenvalue weighted by molar-refractivity contribution is 0.0778. The Morgan fingerprint density at radius 1 is 1.38 bits per heavy atom. The molecular formula is C20H23N5O. The van der Waals surface area contributed by atoms with Gasteiger partial charge in [0.2, 0.25) is 0 Å². The first-order valence-corrected chi connectivity index (χ1v) is 9.02. The molecule has 1 amide bonds. The van der Waals surface area contributed by atoms with Crippen LogP contribution in [0.25, 0.3) is 5.69 Å². The highest BCUT2D eigenvalue weighted by Gasteiger charge is 2.26. The Bertz CT molecular complexity index is 912. The lowest BCUT2D eigenvalue weighted by Gasteiger charge is -2.20. The van der Waals surface area contributed by atoms with Gasteiger partial charge < -0.3 is 4.90 Å². The molecule has 2 aromatic heterocycles. The minimum Gasteiger partial charge on any atom is -0.336 e. The molecule has 0 spiro atoms. The number of carbonyl (C=O) groups is 1. The molecule has 6 nitrogen and oxygen atoms in total. The van der Waals surface area contributed by atoms with Crippen LogP contribution in [0.3, 0.4) is 0 Å². The molecule has 26 heavy (non-hydrogen) atoms. The lowest BCUT2D eigenvalue weighted by Crippen LogP contribution is -2.28. The summed E-state index contributed by atoms with van der Waals surface area (Å²) in [6, 6.07) is 9.97. The molecule has 0 aliphatic heterocycles. The number of nitrogens with one attached hydrogen (secondary N) is 1. The minimum atomic E-state index is -0.0268. The first-order valence-electron chi connectivity index (χ1n) is 9.02. The number of H-pyrrole nitrogens is 1. The summed E-state index contributed by atoms with van der Waals surface area (Å²) >= 11 is 0. The van der Waals surface area contributed by atoms with E-state index in [0.29, 0.717) is 18.2 Å². The molecule has 134 valence electrons. The molecule has 1 aromatic carbocycles. The number of aromatic amines is 1. The second kappa shape index (κ2) is 6.78. The minimum absolute atomic E-state index is 0.0268. The molecule has 1 unspecified atom stereocenters. The Hall–Kier alpha value is -2.89. The number of aryl methyl sites for hydroxylation is 1. The fraction of sp³-hybridized carbons (Fsp3) is 0.350. The first-order chi connectivity index (χ1) is 12.6. The van der Waals surface area contributed by atoms with E-state index in [9.17, 15) is 4.79 Å². The lowest BCUT2D eigenvalue weighted by atomic mass is 9.87. The number of hydrogen-bond acceptors (Lipinski definition) is 3. The zero-order chi connectivity index (χ0) is 18.1. The second-order valence-electron chi connectivity index (χ2n) is 7.16. The Balaban J connectivity index is 1.52. The largest absolute Gasteiger partial charge is 0.336 e. The molecule has 1 aliphatic rings. The molecule has 0 radical (unpaired) electrons. The molecule has 2 heterocycles. The van der Waals surface area contributed by atoms with Crippen LogP contribution in [-0.2, 0) is 19.4 Å². The van der Waals surface area contributed by atoms with Crippen molar-refractivity contribution in [3.8, 4) is 5.69 Å². The van der Waals surface area contributed by atoms with Crippen LogP contribution < -0.4 is 0 Å². The molecule has 1 atom stereocenters. The highest BCUT2D eigenvalue weighted by Crippen LogP contribution is 2.27. The number of aromatic nitrogens is 4. The maximum Gasteiger partial charge on any atom is 0.274 e. The number of nitrogens with zero attached hydrogens (tertiary/aromatic N) is 4. The fourth-order valence-electron chi connectivity index (χ4n) is 3.59. The van der Waals surface area contributed by atoms with Crippen LogP contribution in [0.15, 0.2) is 42.7 Å². The molecule has 0 saturated heterocycles. The zero-order valence-electron chi connectivity index (χ0n) is 15.1. The maximum absolute atomic E-state index is 12.9. The van der Waals surface area contributed by atoms with Crippen molar-refractivity contribution in [3.63, 3.8) is 0 Å². The van der Waals surface area contributed by atoms with Crippen LogP contribution in [0.4, 0.5) is 0 Å². The topological polar surface area (TPSA) is 66.8 Å². The van der Waals surface area contributed by atoms with Crippen molar-refractivity contribution in [2.45, 2.75) is 32.7 Å². The number of fused-ring (bicyclic) bond motifs is 1. The van der Waals surface area contributed by atoms with Crippen molar-refractivity contribution in [1.82, 2.24) is 24.9 Å². The third-order valence-electron chi connectivity index (χ3n) is 5.04. The molecule has 0 fully saturated rings. The SMILES string of the molecule is CC1CCc2[nH]nc(C(=O)N(C)Cc3cccc(-n4cccn4)c3)c2C1. The smallest absolute Gasteiger partial charge is 0.274 e. The van der Waals surface area contributed by atoms with E-state index in [1.807, 2.05) is 42.2 Å². The van der Waals surface area contributed by atoms with Crippen molar-refractivity contribution in [3.05, 3.63) is 65.2 Å². The number of carbonyl (C=O) groups excluding carboxylic acids is 1. The van der Waals surface area contributed by atoms with Gasteiger partial charge in [-0.25, -0.2) is 4.68 Å². The normalized spacial score (nSPS) is 16.3. The van der Waals surface area contributed by atoms with Crippen LogP contribution in [0.5, 0.6) is 0 Å². The summed E-state index contributed by atoms with van der Waals surface area (Å²) in [5.41, 5.74) is 4.86. The van der Waals surface area contributed by atoms with Crippen molar-refractivity contribution in [2.24, 2.45) is 5.92 Å². The van der Waals surface area contributed by atoms with Crippen LogP contribution in [0.2, 0.25) is 0 Å². The summed E-state index contributed by atoms with van der Waals surface area (Å²) in [7, 11) is 1.83. The molecule has 4 rings (SSSR count). The molecule has 3 aromatic rings. The molecule has 1 N–H and O–H groups in total.